The van der Waals surface area contributed by atoms with Crippen LogP contribution in [0.2, 0.25) is 0 Å². The second-order valence-electron chi connectivity index (χ2n) is 3.98. The summed E-state index contributed by atoms with van der Waals surface area (Å²) in [5.41, 5.74) is 1.56. The minimum absolute atomic E-state index is 0.0717. The lowest BCUT2D eigenvalue weighted by atomic mass is 10.1. The Morgan fingerprint density at radius 2 is 1.94 bits per heavy atom. The molecule has 18 heavy (non-hydrogen) atoms. The molecule has 1 aromatic carbocycles. The molecule has 90 valence electrons. The van der Waals surface area contributed by atoms with Gasteiger partial charge in [-0.3, -0.25) is 4.79 Å². The van der Waals surface area contributed by atoms with E-state index in [0.717, 1.165) is 12.0 Å². The quantitative estimate of drug-likeness (QED) is 0.645. The van der Waals surface area contributed by atoms with Gasteiger partial charge in [-0.25, -0.2) is 0 Å². The molecule has 2 heteroatoms. The summed E-state index contributed by atoms with van der Waals surface area (Å²) in [7, 11) is 0. The van der Waals surface area contributed by atoms with Gasteiger partial charge in [-0.1, -0.05) is 36.5 Å². The number of phenolic OH excluding ortho intramolecular Hbond substituents is 1. The summed E-state index contributed by atoms with van der Waals surface area (Å²) >= 11 is 0. The number of ketones is 1. The van der Waals surface area contributed by atoms with Gasteiger partial charge in [0.05, 0.1) is 0 Å². The third kappa shape index (κ3) is 3.32. The first-order valence-corrected chi connectivity index (χ1v) is 5.80. The Hall–Kier alpha value is -2.35. The van der Waals surface area contributed by atoms with Crippen molar-refractivity contribution in [3.63, 3.8) is 0 Å². The van der Waals surface area contributed by atoms with Crippen molar-refractivity contribution in [2.24, 2.45) is 0 Å². The largest absolute Gasteiger partial charge is 0.508 e. The van der Waals surface area contributed by atoms with E-state index in [2.05, 4.69) is 6.08 Å². The summed E-state index contributed by atoms with van der Waals surface area (Å²) in [4.78, 5) is 11.8. The Labute approximate surface area is 106 Å². The molecule has 0 unspecified atom stereocenters. The standard InChI is InChI=1S/C16H14O2/c17-15-10-8-14(9-11-15)16(18)12-7-13-5-3-1-2-4-6-13/h1,3-12,17H,2H2/b12-7+. The van der Waals surface area contributed by atoms with Gasteiger partial charge in [-0.05, 0) is 42.3 Å². The van der Waals surface area contributed by atoms with Crippen LogP contribution in [0, 0.1) is 0 Å². The van der Waals surface area contributed by atoms with E-state index in [0.29, 0.717) is 5.56 Å². The Kier molecular flexibility index (Phi) is 3.92. The van der Waals surface area contributed by atoms with Crippen LogP contribution in [0.1, 0.15) is 16.8 Å². The highest BCUT2D eigenvalue weighted by molar-refractivity contribution is 6.04. The highest BCUT2D eigenvalue weighted by atomic mass is 16.3. The van der Waals surface area contributed by atoms with E-state index in [-0.39, 0.29) is 11.5 Å². The van der Waals surface area contributed by atoms with E-state index < -0.39 is 0 Å². The van der Waals surface area contributed by atoms with Crippen LogP contribution in [0.15, 0.2) is 72.4 Å². The normalized spacial score (nSPS) is 14.6. The maximum Gasteiger partial charge on any atom is 0.185 e. The number of carbonyl (C=O) groups is 1. The summed E-state index contributed by atoms with van der Waals surface area (Å²) in [6.07, 6.45) is 14.3. The molecule has 0 fully saturated rings. The topological polar surface area (TPSA) is 37.3 Å². The van der Waals surface area contributed by atoms with Crippen LogP contribution >= 0.6 is 0 Å². The first-order valence-electron chi connectivity index (χ1n) is 5.80. The lowest BCUT2D eigenvalue weighted by Gasteiger charge is -1.96. The maximum absolute atomic E-state index is 11.8. The van der Waals surface area contributed by atoms with Crippen molar-refractivity contribution in [3.8, 4) is 5.75 Å². The zero-order valence-corrected chi connectivity index (χ0v) is 9.91. The molecule has 0 saturated heterocycles. The average molecular weight is 238 g/mol. The number of hydrogen-bond donors (Lipinski definition) is 1. The lowest BCUT2D eigenvalue weighted by Crippen LogP contribution is -1.93. The molecule has 1 aliphatic carbocycles. The van der Waals surface area contributed by atoms with Gasteiger partial charge in [0.15, 0.2) is 5.78 Å². The van der Waals surface area contributed by atoms with E-state index in [1.54, 1.807) is 24.3 Å². The van der Waals surface area contributed by atoms with Crippen molar-refractivity contribution in [1.29, 1.82) is 0 Å². The second kappa shape index (κ2) is 5.82. The maximum atomic E-state index is 11.8. The number of hydrogen-bond acceptors (Lipinski definition) is 2. The molecule has 1 aliphatic rings. The number of aromatic hydroxyl groups is 1. The van der Waals surface area contributed by atoms with E-state index in [1.807, 2.05) is 24.3 Å². The Morgan fingerprint density at radius 3 is 2.72 bits per heavy atom. The highest BCUT2D eigenvalue weighted by Crippen LogP contribution is 2.11. The fourth-order valence-electron chi connectivity index (χ4n) is 1.60. The van der Waals surface area contributed by atoms with Crippen LogP contribution in [0.25, 0.3) is 0 Å². The van der Waals surface area contributed by atoms with Crippen molar-refractivity contribution >= 4 is 5.78 Å². The molecule has 2 rings (SSSR count). The molecule has 0 radical (unpaired) electrons. The predicted molar refractivity (Wildman–Crippen MR) is 72.6 cm³/mol. The molecule has 0 aromatic heterocycles. The lowest BCUT2D eigenvalue weighted by molar-refractivity contribution is 0.104. The molecule has 2 nitrogen and oxygen atoms in total. The summed E-state index contributed by atoms with van der Waals surface area (Å²) in [5.74, 6) is 0.0904. The Morgan fingerprint density at radius 1 is 1.17 bits per heavy atom. The Bertz CT molecular complexity index is 543. The molecule has 1 aromatic rings. The van der Waals surface area contributed by atoms with Crippen LogP contribution in [0.5, 0.6) is 5.75 Å². The summed E-state index contributed by atoms with van der Waals surface area (Å²) in [6.45, 7) is 0. The molecule has 0 heterocycles. The molecule has 0 atom stereocenters. The predicted octanol–water partition coefficient (Wildman–Crippen LogP) is 3.57. The minimum Gasteiger partial charge on any atom is -0.508 e. The van der Waals surface area contributed by atoms with Crippen LogP contribution in [-0.2, 0) is 0 Å². The van der Waals surface area contributed by atoms with Crippen LogP contribution in [-0.4, -0.2) is 10.9 Å². The third-order valence-corrected chi connectivity index (χ3v) is 2.59. The zero-order valence-electron chi connectivity index (χ0n) is 9.91. The molecule has 0 spiro atoms. The summed E-state index contributed by atoms with van der Waals surface area (Å²) in [5, 5.41) is 9.15. The minimum atomic E-state index is -0.0717. The van der Waals surface area contributed by atoms with Gasteiger partial charge < -0.3 is 5.11 Å². The number of benzene rings is 1. The van der Waals surface area contributed by atoms with Crippen molar-refractivity contribution < 1.29 is 9.90 Å². The smallest absolute Gasteiger partial charge is 0.185 e. The molecular weight excluding hydrogens is 224 g/mol. The van der Waals surface area contributed by atoms with Crippen molar-refractivity contribution in [3.05, 3.63) is 77.9 Å². The summed E-state index contributed by atoms with van der Waals surface area (Å²) in [6, 6.07) is 6.24. The van der Waals surface area contributed by atoms with E-state index in [1.165, 1.54) is 12.1 Å². The van der Waals surface area contributed by atoms with Gasteiger partial charge in [0.1, 0.15) is 5.75 Å². The summed E-state index contributed by atoms with van der Waals surface area (Å²) < 4.78 is 0. The average Bonchev–Trinajstić information content (AvgIpc) is 2.65. The number of allylic oxidation sites excluding steroid dienone is 8. The van der Waals surface area contributed by atoms with Gasteiger partial charge in [0, 0.05) is 5.56 Å². The van der Waals surface area contributed by atoms with Gasteiger partial charge in [0.25, 0.3) is 0 Å². The molecule has 0 bridgehead atoms. The van der Waals surface area contributed by atoms with Gasteiger partial charge >= 0.3 is 0 Å². The van der Waals surface area contributed by atoms with Crippen molar-refractivity contribution in [1.82, 2.24) is 0 Å². The van der Waals surface area contributed by atoms with Gasteiger partial charge in [-0.2, -0.15) is 0 Å². The third-order valence-electron chi connectivity index (χ3n) is 2.59. The number of rotatable bonds is 3. The van der Waals surface area contributed by atoms with Crippen molar-refractivity contribution in [2.75, 3.05) is 0 Å². The molecule has 0 saturated carbocycles. The number of carbonyl (C=O) groups excluding carboxylic acids is 1. The van der Waals surface area contributed by atoms with Gasteiger partial charge in [-0.15, -0.1) is 0 Å². The SMILES string of the molecule is O=C(/C=C/C1=CC=CCC=C1)c1ccc(O)cc1. The fraction of sp³-hybridized carbons (Fsp3) is 0.0625. The first kappa shape index (κ1) is 12.1. The van der Waals surface area contributed by atoms with Crippen LogP contribution in [0.4, 0.5) is 0 Å². The zero-order chi connectivity index (χ0) is 12.8. The number of phenols is 1. The first-order chi connectivity index (χ1) is 8.75. The monoisotopic (exact) mass is 238 g/mol. The van der Waals surface area contributed by atoms with E-state index in [4.69, 9.17) is 5.11 Å². The van der Waals surface area contributed by atoms with E-state index >= 15 is 0 Å². The highest BCUT2D eigenvalue weighted by Gasteiger charge is 2.01. The Balaban J connectivity index is 2.09. The van der Waals surface area contributed by atoms with Gasteiger partial charge in [0.2, 0.25) is 0 Å². The van der Waals surface area contributed by atoms with Crippen molar-refractivity contribution in [2.45, 2.75) is 6.42 Å². The van der Waals surface area contributed by atoms with Crippen LogP contribution < -0.4 is 0 Å². The molecular formula is C16H14O2. The van der Waals surface area contributed by atoms with Crippen LogP contribution in [0.3, 0.4) is 0 Å². The van der Waals surface area contributed by atoms with E-state index in [9.17, 15) is 4.79 Å². The fourth-order valence-corrected chi connectivity index (χ4v) is 1.60. The molecule has 0 aliphatic heterocycles. The molecule has 1 N–H and O–H groups in total. The molecule has 0 amide bonds. The second-order valence-corrected chi connectivity index (χ2v) is 3.98.